The van der Waals surface area contributed by atoms with Crippen LogP contribution in [0.3, 0.4) is 0 Å². The quantitative estimate of drug-likeness (QED) is 0.158. The number of aryl methyl sites for hydroxylation is 1. The van der Waals surface area contributed by atoms with Crippen molar-refractivity contribution < 1.29 is 19.1 Å². The summed E-state index contributed by atoms with van der Waals surface area (Å²) >= 11 is 0. The second-order valence-corrected chi connectivity index (χ2v) is 15.3. The van der Waals surface area contributed by atoms with Crippen molar-refractivity contribution in [2.75, 3.05) is 39.2 Å². The van der Waals surface area contributed by atoms with Gasteiger partial charge in [0.15, 0.2) is 5.78 Å². The van der Waals surface area contributed by atoms with Crippen molar-refractivity contribution in [1.82, 2.24) is 19.4 Å². The lowest BCUT2D eigenvalue weighted by Gasteiger charge is -2.35. The van der Waals surface area contributed by atoms with Gasteiger partial charge < -0.3 is 19.4 Å². The predicted molar refractivity (Wildman–Crippen MR) is 215 cm³/mol. The number of aromatic nitrogens is 2. The zero-order valence-corrected chi connectivity index (χ0v) is 32.0. The third-order valence-electron chi connectivity index (χ3n) is 11.9. The molecule has 3 aliphatic rings. The molecule has 0 bridgehead atoms. The number of hydrogen-bond donors (Lipinski definition) is 1. The SMILES string of the molecule is COc1cc(-c2cn(C)c(=O)c3cnccc23)cc(OC)c1CN1CCc2c(CN3CCC(c4ccc(NC5CCC(=O)CC5=O)cc4)CC3)cccc2C1. The zero-order valence-electron chi connectivity index (χ0n) is 32.0. The van der Waals surface area contributed by atoms with Gasteiger partial charge in [-0.2, -0.15) is 0 Å². The first-order valence-electron chi connectivity index (χ1n) is 19.4. The van der Waals surface area contributed by atoms with E-state index in [1.807, 2.05) is 12.3 Å². The third-order valence-corrected chi connectivity index (χ3v) is 11.9. The molecule has 284 valence electrons. The summed E-state index contributed by atoms with van der Waals surface area (Å²) in [6, 6.07) is 21.1. The molecule has 10 nitrogen and oxygen atoms in total. The monoisotopic (exact) mass is 739 g/mol. The number of Topliss-reactive ketones (excluding diaryl/α,β-unsaturated/α-hetero) is 2. The minimum atomic E-state index is -0.261. The molecule has 1 aliphatic carbocycles. The first-order chi connectivity index (χ1) is 26.8. The van der Waals surface area contributed by atoms with Gasteiger partial charge >= 0.3 is 0 Å². The maximum atomic E-state index is 12.8. The van der Waals surface area contributed by atoms with Crippen LogP contribution in [0.2, 0.25) is 0 Å². The highest BCUT2D eigenvalue weighted by Crippen LogP contribution is 2.39. The maximum Gasteiger partial charge on any atom is 0.259 e. The van der Waals surface area contributed by atoms with Crippen molar-refractivity contribution in [3.05, 3.63) is 117 Å². The molecule has 2 aromatic heterocycles. The van der Waals surface area contributed by atoms with Crippen molar-refractivity contribution in [2.45, 2.75) is 70.1 Å². The standard InChI is InChI=1S/C45H49N5O5/c1-48-27-39(37-13-17-46-24-38(37)45(48)53)33-21-43(54-2)40(44(22-33)55-3)28-50-20-16-36-31(5-4-6-32(36)26-50)25-49-18-14-30(15-19-49)29-7-9-34(10-8-29)47-41-12-11-35(51)23-42(41)52/h4-10,13,17,21-22,24,27,30,41,47H,11-12,14-16,18-20,23,25-26,28H2,1-3H3. The van der Waals surface area contributed by atoms with Gasteiger partial charge in [-0.05, 0) is 108 Å². The van der Waals surface area contributed by atoms with E-state index in [9.17, 15) is 14.4 Å². The fourth-order valence-corrected chi connectivity index (χ4v) is 8.83. The average molecular weight is 740 g/mol. The van der Waals surface area contributed by atoms with E-state index in [4.69, 9.17) is 9.47 Å². The van der Waals surface area contributed by atoms with Gasteiger partial charge in [0, 0.05) is 69.5 Å². The summed E-state index contributed by atoms with van der Waals surface area (Å²) in [4.78, 5) is 46.0. The predicted octanol–water partition coefficient (Wildman–Crippen LogP) is 6.66. The Balaban J connectivity index is 0.907. The van der Waals surface area contributed by atoms with Crippen molar-refractivity contribution in [3.63, 3.8) is 0 Å². The minimum absolute atomic E-state index is 0.000663. The van der Waals surface area contributed by atoms with Crippen LogP contribution in [0.25, 0.3) is 21.9 Å². The van der Waals surface area contributed by atoms with Gasteiger partial charge in [0.1, 0.15) is 17.3 Å². The van der Waals surface area contributed by atoms with Gasteiger partial charge in [-0.25, -0.2) is 0 Å². The maximum absolute atomic E-state index is 12.8. The number of methoxy groups -OCH3 is 2. The number of likely N-dealkylation sites (tertiary alicyclic amines) is 1. The summed E-state index contributed by atoms with van der Waals surface area (Å²) in [6.45, 7) is 5.58. The van der Waals surface area contributed by atoms with Crippen molar-refractivity contribution in [3.8, 4) is 22.6 Å². The summed E-state index contributed by atoms with van der Waals surface area (Å²) < 4.78 is 13.6. The number of rotatable bonds is 10. The summed E-state index contributed by atoms with van der Waals surface area (Å²) in [6.07, 6.45) is 9.56. The van der Waals surface area contributed by atoms with E-state index in [1.54, 1.807) is 38.2 Å². The highest BCUT2D eigenvalue weighted by atomic mass is 16.5. The topological polar surface area (TPSA) is 106 Å². The molecule has 8 rings (SSSR count). The lowest BCUT2D eigenvalue weighted by atomic mass is 9.88. The number of nitrogens with one attached hydrogen (secondary N) is 1. The Hall–Kier alpha value is -5.32. The molecule has 55 heavy (non-hydrogen) atoms. The van der Waals surface area contributed by atoms with Crippen molar-refractivity contribution in [1.29, 1.82) is 0 Å². The average Bonchev–Trinajstić information content (AvgIpc) is 3.21. The van der Waals surface area contributed by atoms with Crippen LogP contribution in [0.15, 0.2) is 84.0 Å². The number of pyridine rings is 2. The molecule has 2 fully saturated rings. The lowest BCUT2D eigenvalue weighted by Crippen LogP contribution is -2.35. The van der Waals surface area contributed by atoms with Crippen molar-refractivity contribution >= 4 is 28.0 Å². The number of anilines is 1. The number of ketones is 2. The number of carbonyl (C=O) groups excluding carboxylic acids is 2. The fraction of sp³-hybridized carbons (Fsp3) is 0.378. The Bertz CT molecular complexity index is 2270. The van der Waals surface area contributed by atoms with Gasteiger partial charge in [-0.1, -0.05) is 30.3 Å². The summed E-state index contributed by atoms with van der Waals surface area (Å²) in [7, 11) is 5.17. The third kappa shape index (κ3) is 7.66. The number of ether oxygens (including phenoxy) is 2. The smallest absolute Gasteiger partial charge is 0.259 e. The molecule has 0 spiro atoms. The molecule has 5 aromatic rings. The molecule has 1 N–H and O–H groups in total. The van der Waals surface area contributed by atoms with E-state index in [1.165, 1.54) is 22.3 Å². The summed E-state index contributed by atoms with van der Waals surface area (Å²) in [5.41, 5.74) is 9.37. The van der Waals surface area contributed by atoms with Gasteiger partial charge in [0.05, 0.1) is 37.6 Å². The van der Waals surface area contributed by atoms with Crippen LogP contribution in [-0.2, 0) is 42.7 Å². The molecule has 0 amide bonds. The van der Waals surface area contributed by atoms with E-state index in [-0.39, 0.29) is 29.6 Å². The molecular weight excluding hydrogens is 691 g/mol. The van der Waals surface area contributed by atoms with Crippen molar-refractivity contribution in [2.24, 2.45) is 7.05 Å². The number of nitrogens with zero attached hydrogens (tertiary/aromatic N) is 4. The van der Waals surface area contributed by atoms with E-state index in [0.717, 1.165) is 91.2 Å². The second-order valence-electron chi connectivity index (χ2n) is 15.3. The van der Waals surface area contributed by atoms with Crippen LogP contribution in [0.1, 0.15) is 65.8 Å². The summed E-state index contributed by atoms with van der Waals surface area (Å²) in [5, 5.41) is 4.77. The molecule has 1 unspecified atom stereocenters. The Kier molecular flexibility index (Phi) is 10.5. The van der Waals surface area contributed by atoms with Gasteiger partial charge in [0.25, 0.3) is 5.56 Å². The van der Waals surface area contributed by atoms with E-state index in [0.29, 0.717) is 30.7 Å². The Labute approximate surface area is 322 Å². The van der Waals surface area contributed by atoms with Crippen LogP contribution in [0.5, 0.6) is 11.5 Å². The van der Waals surface area contributed by atoms with E-state index >= 15 is 0 Å². The molecule has 0 radical (unpaired) electrons. The van der Waals surface area contributed by atoms with Crippen LogP contribution < -0.4 is 20.3 Å². The number of benzene rings is 3. The van der Waals surface area contributed by atoms with E-state index in [2.05, 4.69) is 74.7 Å². The van der Waals surface area contributed by atoms with Gasteiger partial charge in [-0.15, -0.1) is 0 Å². The largest absolute Gasteiger partial charge is 0.496 e. The molecule has 1 atom stereocenters. The van der Waals surface area contributed by atoms with E-state index < -0.39 is 0 Å². The molecular formula is C45H49N5O5. The second kappa shape index (κ2) is 15.8. The number of fused-ring (bicyclic) bond motifs is 2. The van der Waals surface area contributed by atoms with Crippen LogP contribution >= 0.6 is 0 Å². The number of carbonyl (C=O) groups is 2. The Morgan fingerprint density at radius 3 is 2.33 bits per heavy atom. The molecule has 2 aliphatic heterocycles. The molecule has 1 saturated heterocycles. The minimum Gasteiger partial charge on any atom is -0.496 e. The summed E-state index contributed by atoms with van der Waals surface area (Å²) in [5.74, 6) is 2.10. The molecule has 4 heterocycles. The van der Waals surface area contributed by atoms with Crippen LogP contribution in [0, 0.1) is 0 Å². The fourth-order valence-electron chi connectivity index (χ4n) is 8.83. The highest BCUT2D eigenvalue weighted by molar-refractivity contribution is 6.05. The first-order valence-corrected chi connectivity index (χ1v) is 19.4. The lowest BCUT2D eigenvalue weighted by molar-refractivity contribution is -0.130. The number of piperidine rings is 1. The molecule has 3 aromatic carbocycles. The molecule has 10 heteroatoms. The Morgan fingerprint density at radius 1 is 0.836 bits per heavy atom. The highest BCUT2D eigenvalue weighted by Gasteiger charge is 2.28. The first kappa shape index (κ1) is 36.6. The normalized spacial score (nSPS) is 18.3. The van der Waals surface area contributed by atoms with Gasteiger partial charge in [-0.3, -0.25) is 29.2 Å². The van der Waals surface area contributed by atoms with Crippen LogP contribution in [-0.4, -0.2) is 70.8 Å². The van der Waals surface area contributed by atoms with Crippen LogP contribution in [0.4, 0.5) is 5.69 Å². The molecule has 1 saturated carbocycles. The zero-order chi connectivity index (χ0) is 38.1. The number of hydrogen-bond acceptors (Lipinski definition) is 9. The van der Waals surface area contributed by atoms with Gasteiger partial charge in [0.2, 0.25) is 0 Å². The Morgan fingerprint density at radius 2 is 1.60 bits per heavy atom.